The van der Waals surface area contributed by atoms with Crippen molar-refractivity contribution in [2.24, 2.45) is 0 Å². The Balaban J connectivity index is 1.94. The number of sulfonamides is 1. The fraction of sp³-hybridized carbons (Fsp3) is 0.200. The molecule has 0 aliphatic carbocycles. The summed E-state index contributed by atoms with van der Waals surface area (Å²) in [5, 5.41) is 2.56. The van der Waals surface area contributed by atoms with Gasteiger partial charge < -0.3 is 10.1 Å². The number of halogens is 3. The van der Waals surface area contributed by atoms with Gasteiger partial charge in [0.05, 0.1) is 28.3 Å². The van der Waals surface area contributed by atoms with Crippen LogP contribution in [-0.2, 0) is 25.7 Å². The number of rotatable bonds is 8. The number of ether oxygens (including phenoxy) is 1. The van der Waals surface area contributed by atoms with Crippen molar-refractivity contribution in [1.82, 2.24) is 0 Å². The summed E-state index contributed by atoms with van der Waals surface area (Å²) in [7, 11) is -4.39. The number of hydrogen-bond acceptors (Lipinski definition) is 5. The molecule has 3 aromatic rings. The molecule has 0 aliphatic heterocycles. The Hall–Kier alpha value is -3.86. The average molecular weight is 521 g/mol. The van der Waals surface area contributed by atoms with Gasteiger partial charge in [-0.05, 0) is 67.9 Å². The molecule has 0 unspecified atom stereocenters. The summed E-state index contributed by atoms with van der Waals surface area (Å²) < 4.78 is 72.2. The highest BCUT2D eigenvalue weighted by Crippen LogP contribution is 2.33. The largest absolute Gasteiger partial charge is 0.462 e. The molecule has 0 fully saturated rings. The zero-order chi connectivity index (χ0) is 26.5. The van der Waals surface area contributed by atoms with Crippen LogP contribution in [0.5, 0.6) is 0 Å². The molecular formula is C25H23F3N2O5S. The smallest absolute Gasteiger partial charge is 0.416 e. The van der Waals surface area contributed by atoms with Crippen molar-refractivity contribution in [2.75, 3.05) is 22.8 Å². The zero-order valence-electron chi connectivity index (χ0n) is 19.4. The van der Waals surface area contributed by atoms with E-state index in [9.17, 15) is 31.2 Å². The van der Waals surface area contributed by atoms with Crippen molar-refractivity contribution in [3.8, 4) is 0 Å². The Bertz CT molecular complexity index is 1360. The minimum absolute atomic E-state index is 0.190. The molecule has 0 radical (unpaired) electrons. The second-order valence-electron chi connectivity index (χ2n) is 7.67. The van der Waals surface area contributed by atoms with Crippen LogP contribution in [-0.4, -0.2) is 33.4 Å². The lowest BCUT2D eigenvalue weighted by Gasteiger charge is -2.25. The van der Waals surface area contributed by atoms with Gasteiger partial charge in [-0.2, -0.15) is 13.2 Å². The van der Waals surface area contributed by atoms with E-state index in [2.05, 4.69) is 5.32 Å². The lowest BCUT2D eigenvalue weighted by Crippen LogP contribution is -2.38. The fourth-order valence-corrected chi connectivity index (χ4v) is 4.77. The van der Waals surface area contributed by atoms with Gasteiger partial charge in [0, 0.05) is 5.69 Å². The van der Waals surface area contributed by atoms with Gasteiger partial charge in [0.2, 0.25) is 5.91 Å². The minimum atomic E-state index is -4.71. The summed E-state index contributed by atoms with van der Waals surface area (Å²) in [4.78, 5) is 24.6. The van der Waals surface area contributed by atoms with Crippen molar-refractivity contribution in [2.45, 2.75) is 24.9 Å². The fourth-order valence-electron chi connectivity index (χ4n) is 3.34. The molecule has 0 bridgehead atoms. The summed E-state index contributed by atoms with van der Waals surface area (Å²) >= 11 is 0. The molecule has 36 heavy (non-hydrogen) atoms. The third kappa shape index (κ3) is 6.22. The highest BCUT2D eigenvalue weighted by Gasteiger charge is 2.33. The minimum Gasteiger partial charge on any atom is -0.462 e. The number of nitrogens with one attached hydrogen (secondary N) is 1. The summed E-state index contributed by atoms with van der Waals surface area (Å²) in [5.74, 6) is -1.33. The SMILES string of the molecule is CCOC(=O)c1ccc(NC(=O)CN(c2cccc(C(F)(F)F)c2)S(=O)(=O)c2ccccc2)c(C)c1. The molecule has 190 valence electrons. The number of esters is 1. The molecule has 0 saturated carbocycles. The van der Waals surface area contributed by atoms with Crippen LogP contribution in [0.1, 0.15) is 28.4 Å². The number of nitrogens with zero attached hydrogens (tertiary/aromatic N) is 1. The Labute approximate surface area is 206 Å². The lowest BCUT2D eigenvalue weighted by atomic mass is 10.1. The summed E-state index contributed by atoms with van der Waals surface area (Å²) in [5.41, 5.74) is -0.304. The van der Waals surface area contributed by atoms with E-state index in [4.69, 9.17) is 4.74 Å². The zero-order valence-corrected chi connectivity index (χ0v) is 20.2. The maximum Gasteiger partial charge on any atom is 0.416 e. The van der Waals surface area contributed by atoms with E-state index in [1.165, 1.54) is 48.5 Å². The first-order valence-electron chi connectivity index (χ1n) is 10.8. The number of anilines is 2. The van der Waals surface area contributed by atoms with Crippen LogP contribution in [0.15, 0.2) is 77.7 Å². The molecule has 3 aromatic carbocycles. The highest BCUT2D eigenvalue weighted by molar-refractivity contribution is 7.92. The van der Waals surface area contributed by atoms with Crippen molar-refractivity contribution in [3.05, 3.63) is 89.5 Å². The van der Waals surface area contributed by atoms with E-state index < -0.39 is 40.2 Å². The molecule has 0 aliphatic rings. The van der Waals surface area contributed by atoms with Gasteiger partial charge in [0.1, 0.15) is 6.54 Å². The Morgan fingerprint density at radius 2 is 1.67 bits per heavy atom. The second-order valence-corrected chi connectivity index (χ2v) is 9.53. The number of amides is 1. The molecule has 0 heterocycles. The molecule has 0 spiro atoms. The van der Waals surface area contributed by atoms with Crippen molar-refractivity contribution in [1.29, 1.82) is 0 Å². The van der Waals surface area contributed by atoms with Crippen LogP contribution < -0.4 is 9.62 Å². The molecule has 11 heteroatoms. The van der Waals surface area contributed by atoms with Crippen molar-refractivity contribution < 1.29 is 35.9 Å². The summed E-state index contributed by atoms with van der Waals surface area (Å²) in [6.45, 7) is 2.69. The first kappa shape index (κ1) is 26.7. The van der Waals surface area contributed by atoms with Crippen LogP contribution in [0.4, 0.5) is 24.5 Å². The molecule has 0 atom stereocenters. The maximum atomic E-state index is 13.3. The monoisotopic (exact) mass is 520 g/mol. The molecule has 0 saturated heterocycles. The van der Waals surface area contributed by atoms with E-state index in [0.717, 1.165) is 12.1 Å². The van der Waals surface area contributed by atoms with Gasteiger partial charge in [-0.25, -0.2) is 13.2 Å². The number of carbonyl (C=O) groups excluding carboxylic acids is 2. The van der Waals surface area contributed by atoms with Gasteiger partial charge in [-0.15, -0.1) is 0 Å². The standard InChI is InChI=1S/C25H23F3N2O5S/c1-3-35-24(32)18-12-13-22(17(2)14-18)29-23(31)16-30(36(33,34)21-10-5-4-6-11-21)20-9-7-8-19(15-20)25(26,27)28/h4-15H,3,16H2,1-2H3,(H,29,31). The topological polar surface area (TPSA) is 92.8 Å². The highest BCUT2D eigenvalue weighted by atomic mass is 32.2. The van der Waals surface area contributed by atoms with Crippen LogP contribution in [0.25, 0.3) is 0 Å². The van der Waals surface area contributed by atoms with E-state index >= 15 is 0 Å². The lowest BCUT2D eigenvalue weighted by molar-refractivity contribution is -0.137. The molecule has 0 aromatic heterocycles. The number of alkyl halides is 3. The van der Waals surface area contributed by atoms with Crippen LogP contribution in [0.3, 0.4) is 0 Å². The molecular weight excluding hydrogens is 497 g/mol. The normalized spacial score (nSPS) is 11.6. The third-order valence-corrected chi connectivity index (χ3v) is 6.88. The van der Waals surface area contributed by atoms with Gasteiger partial charge >= 0.3 is 12.1 Å². The Morgan fingerprint density at radius 3 is 2.28 bits per heavy atom. The Kier molecular flexibility index (Phi) is 8.03. The van der Waals surface area contributed by atoms with Gasteiger partial charge in [0.25, 0.3) is 10.0 Å². The predicted octanol–water partition coefficient (Wildman–Crippen LogP) is 5.02. The van der Waals surface area contributed by atoms with E-state index in [1.54, 1.807) is 19.9 Å². The summed E-state index contributed by atoms with van der Waals surface area (Å²) in [6.07, 6.45) is -4.71. The number of aryl methyl sites for hydroxylation is 1. The van der Waals surface area contributed by atoms with Gasteiger partial charge in [-0.1, -0.05) is 24.3 Å². The number of benzene rings is 3. The maximum absolute atomic E-state index is 13.3. The average Bonchev–Trinajstić information content (AvgIpc) is 2.84. The molecule has 7 nitrogen and oxygen atoms in total. The van der Waals surface area contributed by atoms with Crippen molar-refractivity contribution in [3.63, 3.8) is 0 Å². The molecule has 1 amide bonds. The number of hydrogen-bond donors (Lipinski definition) is 1. The second kappa shape index (κ2) is 10.8. The van der Waals surface area contributed by atoms with E-state index in [0.29, 0.717) is 21.6 Å². The molecule has 1 N–H and O–H groups in total. The Morgan fingerprint density at radius 1 is 0.972 bits per heavy atom. The summed E-state index contributed by atoms with van der Waals surface area (Å²) in [6, 6.07) is 15.2. The third-order valence-electron chi connectivity index (χ3n) is 5.09. The van der Waals surface area contributed by atoms with E-state index in [1.807, 2.05) is 0 Å². The first-order valence-corrected chi connectivity index (χ1v) is 12.2. The first-order chi connectivity index (χ1) is 16.9. The number of carbonyl (C=O) groups is 2. The van der Waals surface area contributed by atoms with Gasteiger partial charge in [0.15, 0.2) is 0 Å². The van der Waals surface area contributed by atoms with Gasteiger partial charge in [-0.3, -0.25) is 9.10 Å². The van der Waals surface area contributed by atoms with Crippen molar-refractivity contribution >= 4 is 33.3 Å². The molecule has 3 rings (SSSR count). The quantitative estimate of drug-likeness (QED) is 0.421. The van der Waals surface area contributed by atoms with Crippen LogP contribution in [0.2, 0.25) is 0 Å². The predicted molar refractivity (Wildman–Crippen MR) is 128 cm³/mol. The van der Waals surface area contributed by atoms with E-state index in [-0.39, 0.29) is 22.8 Å². The van der Waals surface area contributed by atoms with Crippen LogP contribution in [0, 0.1) is 6.92 Å². The van der Waals surface area contributed by atoms with Crippen LogP contribution >= 0.6 is 0 Å².